The van der Waals surface area contributed by atoms with Gasteiger partial charge in [0.15, 0.2) is 5.75 Å². The summed E-state index contributed by atoms with van der Waals surface area (Å²) in [5, 5.41) is -2.14. The van der Waals surface area contributed by atoms with Crippen LogP contribution in [0.25, 0.3) is 0 Å². The van der Waals surface area contributed by atoms with Gasteiger partial charge in [-0.2, -0.15) is 4.21 Å². The van der Waals surface area contributed by atoms with Gasteiger partial charge >= 0.3 is 41.7 Å². The highest BCUT2D eigenvalue weighted by Crippen LogP contribution is 2.68. The van der Waals surface area contributed by atoms with Crippen molar-refractivity contribution in [2.75, 3.05) is 0 Å². The fourth-order valence-electron chi connectivity index (χ4n) is 2.37. The Kier molecular flexibility index (Phi) is 9.84. The van der Waals surface area contributed by atoms with E-state index < -0.39 is 70.6 Å². The molecule has 0 radical (unpaired) electrons. The summed E-state index contributed by atoms with van der Waals surface area (Å²) in [6.45, 7) is -0.422. The maximum atomic E-state index is 11.7. The third-order valence-corrected chi connectivity index (χ3v) is 13.4. The molecule has 0 aliphatic heterocycles. The monoisotopic (exact) mass is 592 g/mol. The van der Waals surface area contributed by atoms with Crippen molar-refractivity contribution < 1.29 is 70.4 Å². The average Bonchev–Trinajstić information content (AvgIpc) is 2.61. The smallest absolute Gasteiger partial charge is 0.357 e. The highest BCUT2D eigenvalue weighted by Gasteiger charge is 2.57. The van der Waals surface area contributed by atoms with Gasteiger partial charge in [-0.1, -0.05) is 18.2 Å². The lowest BCUT2D eigenvalue weighted by Crippen LogP contribution is -2.42. The lowest BCUT2D eigenvalue weighted by Gasteiger charge is -2.32. The van der Waals surface area contributed by atoms with Crippen molar-refractivity contribution >= 4 is 41.7 Å². The van der Waals surface area contributed by atoms with Crippen LogP contribution in [-0.2, 0) is 42.7 Å². The van der Waals surface area contributed by atoms with Crippen LogP contribution < -0.4 is 14.8 Å². The standard InChI is InChI=1S/C12H24N2O15P4S/c1-11(30(15,16)17,31(18,19)20)13-6-8-4-3-5-9(10(8)29-34(27)28)7-14-12(2,32(21,22)23)33(24,25)26/h3-5,13-14H,6-7H2,1-2H3,(H,27,28)(H2,15,16,17)(H2,18,19,20)(H2,21,22,23)(H2,24,25,26). The Morgan fingerprint density at radius 3 is 1.29 bits per heavy atom. The van der Waals surface area contributed by atoms with E-state index in [1.807, 2.05) is 10.6 Å². The van der Waals surface area contributed by atoms with Crippen LogP contribution in [-0.4, -0.2) is 58.0 Å². The molecule has 34 heavy (non-hydrogen) atoms. The molecule has 1 atom stereocenters. The van der Waals surface area contributed by atoms with Gasteiger partial charge < -0.3 is 43.3 Å². The number of rotatable bonds is 12. The molecule has 0 aliphatic carbocycles. The normalized spacial score (nSPS) is 15.3. The molecule has 1 unspecified atom stereocenters. The van der Waals surface area contributed by atoms with Gasteiger partial charge in [0, 0.05) is 24.2 Å². The quantitative estimate of drug-likeness (QED) is 0.107. The molecule has 0 bridgehead atoms. The van der Waals surface area contributed by atoms with Gasteiger partial charge in [-0.25, -0.2) is 0 Å². The van der Waals surface area contributed by atoms with Crippen LogP contribution in [0, 0.1) is 0 Å². The summed E-state index contributed by atoms with van der Waals surface area (Å²) in [6.07, 6.45) is 0. The van der Waals surface area contributed by atoms with Crippen LogP contribution in [0.5, 0.6) is 5.75 Å². The number of hydrogen-bond donors (Lipinski definition) is 11. The molecule has 0 aromatic heterocycles. The van der Waals surface area contributed by atoms with Gasteiger partial charge in [0.1, 0.15) is 0 Å². The summed E-state index contributed by atoms with van der Waals surface area (Å²) in [4.78, 5) is 75.4. The number of benzene rings is 1. The summed E-state index contributed by atoms with van der Waals surface area (Å²) in [5.41, 5.74) is -0.409. The van der Waals surface area contributed by atoms with Crippen LogP contribution in [0.15, 0.2) is 18.2 Å². The second-order valence-corrected chi connectivity index (χ2v) is 16.4. The fourth-order valence-corrected chi connectivity index (χ4v) is 6.58. The van der Waals surface area contributed by atoms with Crippen molar-refractivity contribution in [1.82, 2.24) is 10.6 Å². The SMILES string of the molecule is CC(NCc1cccc(CNC(C)(P(=O)(O)O)P(=O)(O)O)c1OS(=O)O)(P(=O)(O)O)P(=O)(O)O. The first kappa shape index (κ1) is 31.7. The highest BCUT2D eigenvalue weighted by atomic mass is 32.2. The molecule has 0 saturated heterocycles. The lowest BCUT2D eigenvalue weighted by atomic mass is 10.1. The highest BCUT2D eigenvalue weighted by molar-refractivity contribution is 7.74. The van der Waals surface area contributed by atoms with Gasteiger partial charge in [0.25, 0.3) is 0 Å². The van der Waals surface area contributed by atoms with Crippen molar-refractivity contribution in [2.24, 2.45) is 0 Å². The van der Waals surface area contributed by atoms with E-state index in [1.54, 1.807) is 0 Å². The van der Waals surface area contributed by atoms with Crippen molar-refractivity contribution in [1.29, 1.82) is 0 Å². The third kappa shape index (κ3) is 6.90. The Labute approximate surface area is 195 Å². The fraction of sp³-hybridized carbons (Fsp3) is 0.500. The Morgan fingerprint density at radius 1 is 0.765 bits per heavy atom. The van der Waals surface area contributed by atoms with Crippen molar-refractivity contribution in [2.45, 2.75) is 37.0 Å². The van der Waals surface area contributed by atoms with Crippen molar-refractivity contribution in [3.63, 3.8) is 0 Å². The first-order chi connectivity index (χ1) is 15.0. The zero-order valence-corrected chi connectivity index (χ0v) is 21.7. The summed E-state index contributed by atoms with van der Waals surface area (Å²) in [5.74, 6) is -0.541. The van der Waals surface area contributed by atoms with E-state index in [9.17, 15) is 61.6 Å². The van der Waals surface area contributed by atoms with Crippen LogP contribution >= 0.6 is 30.4 Å². The number of hydrogen-bond acceptors (Lipinski definition) is 8. The van der Waals surface area contributed by atoms with Gasteiger partial charge in [-0.3, -0.25) is 33.4 Å². The van der Waals surface area contributed by atoms with E-state index in [2.05, 4.69) is 0 Å². The number of para-hydroxylation sites is 1. The van der Waals surface area contributed by atoms with Gasteiger partial charge in [0.2, 0.25) is 10.0 Å². The molecular formula is C12H24N2O15P4S. The Bertz CT molecular complexity index is 1000. The predicted octanol–water partition coefficient (Wildman–Crippen LogP) is -0.561. The molecule has 17 nitrogen and oxygen atoms in total. The zero-order valence-electron chi connectivity index (χ0n) is 17.3. The summed E-state index contributed by atoms with van der Waals surface area (Å²) >= 11 is -3.02. The molecule has 1 aromatic rings. The van der Waals surface area contributed by atoms with Crippen molar-refractivity contribution in [3.05, 3.63) is 29.3 Å². The summed E-state index contributed by atoms with van der Waals surface area (Å²) < 4.78 is 72.0. The largest absolute Gasteiger partial charge is 0.379 e. The molecule has 22 heteroatoms. The van der Waals surface area contributed by atoms with Gasteiger partial charge in [-0.15, -0.1) is 0 Å². The molecule has 0 saturated carbocycles. The molecule has 11 N–H and O–H groups in total. The van der Waals surface area contributed by atoms with Crippen molar-refractivity contribution in [3.8, 4) is 5.75 Å². The van der Waals surface area contributed by atoms with Crippen LogP contribution in [0.3, 0.4) is 0 Å². The average molecular weight is 592 g/mol. The lowest BCUT2D eigenvalue weighted by molar-refractivity contribution is 0.292. The van der Waals surface area contributed by atoms with E-state index in [0.717, 1.165) is 12.1 Å². The predicted molar refractivity (Wildman–Crippen MR) is 117 cm³/mol. The molecular weight excluding hydrogens is 568 g/mol. The van der Waals surface area contributed by atoms with E-state index in [-0.39, 0.29) is 11.1 Å². The molecule has 1 rings (SSSR count). The first-order valence-electron chi connectivity index (χ1n) is 8.60. The minimum atomic E-state index is -5.48. The van der Waals surface area contributed by atoms with E-state index in [4.69, 9.17) is 8.74 Å². The van der Waals surface area contributed by atoms with E-state index in [1.165, 1.54) is 6.07 Å². The molecule has 0 amide bonds. The topological polar surface area (TPSA) is 301 Å². The minimum Gasteiger partial charge on any atom is -0.379 e. The summed E-state index contributed by atoms with van der Waals surface area (Å²) in [6, 6.07) is 3.53. The number of nitrogens with one attached hydrogen (secondary N) is 2. The second-order valence-electron chi connectivity index (χ2n) is 7.13. The Hall–Kier alpha value is -0.350. The Balaban J connectivity index is 3.46. The van der Waals surface area contributed by atoms with Crippen LogP contribution in [0.4, 0.5) is 0 Å². The maximum Gasteiger partial charge on any atom is 0.357 e. The zero-order chi connectivity index (χ0) is 27.0. The molecule has 0 aliphatic rings. The van der Waals surface area contributed by atoms with Crippen LogP contribution in [0.2, 0.25) is 0 Å². The first-order valence-corrected chi connectivity index (χ1v) is 16.1. The van der Waals surface area contributed by atoms with Gasteiger partial charge in [-0.05, 0) is 13.8 Å². The third-order valence-electron chi connectivity index (χ3n) is 4.83. The summed E-state index contributed by atoms with van der Waals surface area (Å²) in [7, 11) is -21.9. The minimum absolute atomic E-state index is 0.205. The molecule has 1 aromatic carbocycles. The molecule has 0 fully saturated rings. The Morgan fingerprint density at radius 2 is 1.06 bits per heavy atom. The maximum absolute atomic E-state index is 11.7. The van der Waals surface area contributed by atoms with Crippen LogP contribution in [0.1, 0.15) is 25.0 Å². The van der Waals surface area contributed by atoms with E-state index >= 15 is 0 Å². The second kappa shape index (κ2) is 10.6. The molecule has 198 valence electrons. The van der Waals surface area contributed by atoms with E-state index in [0.29, 0.717) is 13.8 Å². The molecule has 0 spiro atoms. The van der Waals surface area contributed by atoms with Gasteiger partial charge in [0.05, 0.1) is 0 Å². The molecule has 0 heterocycles.